The van der Waals surface area contributed by atoms with E-state index in [1.807, 2.05) is 45.0 Å². The number of aryl methyl sites for hydroxylation is 1. The van der Waals surface area contributed by atoms with Crippen molar-refractivity contribution in [2.24, 2.45) is 0 Å². The Morgan fingerprint density at radius 1 is 1.25 bits per heavy atom. The van der Waals surface area contributed by atoms with Crippen molar-refractivity contribution in [1.29, 1.82) is 0 Å². The topological polar surface area (TPSA) is 38.7 Å². The van der Waals surface area contributed by atoms with Gasteiger partial charge in [-0.05, 0) is 31.9 Å². The predicted octanol–water partition coefficient (Wildman–Crippen LogP) is 2.18. The Kier molecular flexibility index (Phi) is 3.02. The third-order valence-corrected chi connectivity index (χ3v) is 2.86. The molecular weight excluding hydrogens is 204 g/mol. The minimum atomic E-state index is -0.625. The number of ether oxygens (including phenoxy) is 2. The van der Waals surface area contributed by atoms with Gasteiger partial charge in [-0.1, -0.05) is 24.3 Å². The van der Waals surface area contributed by atoms with Crippen molar-refractivity contribution in [1.82, 2.24) is 0 Å². The maximum absolute atomic E-state index is 9.32. The molecule has 1 saturated heterocycles. The molecule has 88 valence electrons. The molecule has 1 aliphatic heterocycles. The second-order valence-corrected chi connectivity index (χ2v) is 4.63. The molecule has 1 N–H and O–H groups in total. The van der Waals surface area contributed by atoms with Crippen LogP contribution < -0.4 is 0 Å². The van der Waals surface area contributed by atoms with Crippen molar-refractivity contribution in [3.05, 3.63) is 35.4 Å². The fraction of sp³-hybridized carbons (Fsp3) is 0.538. The first-order valence-corrected chi connectivity index (χ1v) is 5.55. The Balaban J connectivity index is 2.30. The molecular formula is C13H18O3. The number of hydrogen-bond donors (Lipinski definition) is 1. The average molecular weight is 222 g/mol. The van der Waals surface area contributed by atoms with E-state index in [9.17, 15) is 5.11 Å². The van der Waals surface area contributed by atoms with Crippen LogP contribution in [-0.4, -0.2) is 23.6 Å². The molecule has 0 aliphatic carbocycles. The van der Waals surface area contributed by atoms with Gasteiger partial charge in [0.15, 0.2) is 5.79 Å². The first kappa shape index (κ1) is 11.6. The zero-order valence-electron chi connectivity index (χ0n) is 9.93. The summed E-state index contributed by atoms with van der Waals surface area (Å²) < 4.78 is 11.5. The van der Waals surface area contributed by atoms with Crippen molar-refractivity contribution in [2.45, 2.75) is 38.8 Å². The minimum Gasteiger partial charge on any atom is -0.394 e. The Morgan fingerprint density at radius 3 is 2.56 bits per heavy atom. The first-order chi connectivity index (χ1) is 7.53. The molecule has 0 bridgehead atoms. The Hall–Kier alpha value is -0.900. The zero-order valence-corrected chi connectivity index (χ0v) is 9.93. The summed E-state index contributed by atoms with van der Waals surface area (Å²) in [6.45, 7) is 5.75. The molecule has 1 fully saturated rings. The van der Waals surface area contributed by atoms with E-state index in [2.05, 4.69) is 0 Å². The van der Waals surface area contributed by atoms with E-state index in [-0.39, 0.29) is 18.8 Å². The molecule has 0 saturated carbocycles. The lowest BCUT2D eigenvalue weighted by Gasteiger charge is -2.18. The normalized spacial score (nSPS) is 28.2. The lowest BCUT2D eigenvalue weighted by molar-refractivity contribution is -0.149. The summed E-state index contributed by atoms with van der Waals surface area (Å²) in [6, 6.07) is 8.03. The molecule has 0 radical (unpaired) electrons. The van der Waals surface area contributed by atoms with Crippen LogP contribution in [0, 0.1) is 6.92 Å². The fourth-order valence-electron chi connectivity index (χ4n) is 2.14. The van der Waals surface area contributed by atoms with Gasteiger partial charge in [-0.25, -0.2) is 0 Å². The van der Waals surface area contributed by atoms with Gasteiger partial charge in [0.05, 0.1) is 6.61 Å². The van der Waals surface area contributed by atoms with Gasteiger partial charge >= 0.3 is 0 Å². The summed E-state index contributed by atoms with van der Waals surface area (Å²) in [5.74, 6) is -0.625. The van der Waals surface area contributed by atoms with Crippen LogP contribution in [0.3, 0.4) is 0 Å². The van der Waals surface area contributed by atoms with Gasteiger partial charge < -0.3 is 14.6 Å². The standard InChI is InChI=1S/C13H18O3/c1-9-6-4-5-7-10(9)12-11(8-14)15-13(2,3)16-12/h4-7,11-12,14H,8H2,1-3H3/t11-,12?/m1/s1. The van der Waals surface area contributed by atoms with Crippen LogP contribution in [0.1, 0.15) is 31.1 Å². The molecule has 16 heavy (non-hydrogen) atoms. The summed E-state index contributed by atoms with van der Waals surface area (Å²) >= 11 is 0. The molecule has 2 rings (SSSR count). The van der Waals surface area contributed by atoms with Gasteiger partial charge in [0.1, 0.15) is 12.2 Å². The smallest absolute Gasteiger partial charge is 0.164 e. The monoisotopic (exact) mass is 222 g/mol. The SMILES string of the molecule is Cc1ccccc1C1OC(C)(C)O[C@@H]1CO. The van der Waals surface area contributed by atoms with Gasteiger partial charge in [-0.2, -0.15) is 0 Å². The Labute approximate surface area is 96.0 Å². The van der Waals surface area contributed by atoms with Gasteiger partial charge in [-0.3, -0.25) is 0 Å². The first-order valence-electron chi connectivity index (χ1n) is 5.55. The molecule has 3 nitrogen and oxygen atoms in total. The highest BCUT2D eigenvalue weighted by Crippen LogP contribution is 2.38. The van der Waals surface area contributed by atoms with Crippen molar-refractivity contribution in [3.63, 3.8) is 0 Å². The van der Waals surface area contributed by atoms with E-state index in [1.54, 1.807) is 0 Å². The van der Waals surface area contributed by atoms with Crippen LogP contribution in [0.2, 0.25) is 0 Å². The highest BCUT2D eigenvalue weighted by Gasteiger charge is 2.41. The van der Waals surface area contributed by atoms with Crippen molar-refractivity contribution in [2.75, 3.05) is 6.61 Å². The van der Waals surface area contributed by atoms with E-state index >= 15 is 0 Å². The molecule has 1 aromatic carbocycles. The minimum absolute atomic E-state index is 0.0254. The summed E-state index contributed by atoms with van der Waals surface area (Å²) in [4.78, 5) is 0. The number of rotatable bonds is 2. The maximum Gasteiger partial charge on any atom is 0.164 e. The quantitative estimate of drug-likeness (QED) is 0.833. The van der Waals surface area contributed by atoms with Crippen molar-refractivity contribution >= 4 is 0 Å². The third kappa shape index (κ3) is 2.12. The second kappa shape index (κ2) is 4.17. The van der Waals surface area contributed by atoms with Crippen LogP contribution in [-0.2, 0) is 9.47 Å². The van der Waals surface area contributed by atoms with E-state index in [0.717, 1.165) is 11.1 Å². The average Bonchev–Trinajstić information content (AvgIpc) is 2.54. The largest absolute Gasteiger partial charge is 0.394 e. The highest BCUT2D eigenvalue weighted by molar-refractivity contribution is 5.29. The maximum atomic E-state index is 9.32. The van der Waals surface area contributed by atoms with Crippen LogP contribution in [0.15, 0.2) is 24.3 Å². The lowest BCUT2D eigenvalue weighted by Crippen LogP contribution is -2.23. The summed E-state index contributed by atoms with van der Waals surface area (Å²) in [5.41, 5.74) is 2.25. The van der Waals surface area contributed by atoms with Crippen LogP contribution in [0.5, 0.6) is 0 Å². The Morgan fingerprint density at radius 2 is 1.94 bits per heavy atom. The van der Waals surface area contributed by atoms with E-state index in [4.69, 9.17) is 9.47 Å². The van der Waals surface area contributed by atoms with Crippen LogP contribution in [0.4, 0.5) is 0 Å². The van der Waals surface area contributed by atoms with Gasteiger partial charge in [0.2, 0.25) is 0 Å². The fourth-order valence-corrected chi connectivity index (χ4v) is 2.14. The predicted molar refractivity (Wildman–Crippen MR) is 61.0 cm³/mol. The van der Waals surface area contributed by atoms with Crippen molar-refractivity contribution in [3.8, 4) is 0 Å². The molecule has 2 atom stereocenters. The third-order valence-electron chi connectivity index (χ3n) is 2.86. The lowest BCUT2D eigenvalue weighted by atomic mass is 10.00. The number of benzene rings is 1. The summed E-state index contributed by atoms with van der Waals surface area (Å²) in [7, 11) is 0. The molecule has 3 heteroatoms. The van der Waals surface area contributed by atoms with Gasteiger partial charge in [0.25, 0.3) is 0 Å². The highest BCUT2D eigenvalue weighted by atomic mass is 16.8. The number of hydrogen-bond acceptors (Lipinski definition) is 3. The number of aliphatic hydroxyl groups excluding tert-OH is 1. The Bertz CT molecular complexity index is 373. The van der Waals surface area contributed by atoms with Crippen LogP contribution >= 0.6 is 0 Å². The van der Waals surface area contributed by atoms with E-state index < -0.39 is 5.79 Å². The summed E-state index contributed by atoms with van der Waals surface area (Å²) in [6.07, 6.45) is -0.461. The second-order valence-electron chi connectivity index (χ2n) is 4.63. The molecule has 0 spiro atoms. The summed E-state index contributed by atoms with van der Waals surface area (Å²) in [5, 5.41) is 9.32. The molecule has 1 unspecified atom stereocenters. The molecule has 0 amide bonds. The molecule has 1 aliphatic rings. The van der Waals surface area contributed by atoms with Gasteiger partial charge in [-0.15, -0.1) is 0 Å². The molecule has 0 aromatic heterocycles. The molecule has 1 heterocycles. The van der Waals surface area contributed by atoms with E-state index in [0.29, 0.717) is 0 Å². The van der Waals surface area contributed by atoms with Gasteiger partial charge in [0, 0.05) is 0 Å². The van der Waals surface area contributed by atoms with Crippen LogP contribution in [0.25, 0.3) is 0 Å². The molecule has 1 aromatic rings. The van der Waals surface area contributed by atoms with Crippen molar-refractivity contribution < 1.29 is 14.6 Å². The number of aliphatic hydroxyl groups is 1. The van der Waals surface area contributed by atoms with E-state index in [1.165, 1.54) is 0 Å². The zero-order chi connectivity index (χ0) is 11.8.